The Morgan fingerprint density at radius 3 is 2.53 bits per heavy atom. The van der Waals surface area contributed by atoms with E-state index < -0.39 is 0 Å². The first-order valence-electron chi connectivity index (χ1n) is 9.48. The maximum absolute atomic E-state index is 12.4. The first-order valence-corrected chi connectivity index (χ1v) is 9.86. The van der Waals surface area contributed by atoms with Crippen LogP contribution in [0.5, 0.6) is 0 Å². The number of carbonyl (C=O) groups is 2. The van der Waals surface area contributed by atoms with E-state index in [1.165, 1.54) is 6.08 Å². The predicted molar refractivity (Wildman–Crippen MR) is 120 cm³/mol. The van der Waals surface area contributed by atoms with Gasteiger partial charge in [0.15, 0.2) is 0 Å². The van der Waals surface area contributed by atoms with E-state index in [-0.39, 0.29) is 11.8 Å². The third kappa shape index (κ3) is 4.78. The third-order valence-electron chi connectivity index (χ3n) is 4.77. The smallest absolute Gasteiger partial charge is 0.253 e. The number of para-hydroxylation sites is 1. The van der Waals surface area contributed by atoms with Crippen LogP contribution in [0.3, 0.4) is 0 Å². The van der Waals surface area contributed by atoms with Crippen molar-refractivity contribution in [1.29, 1.82) is 0 Å². The van der Waals surface area contributed by atoms with Crippen LogP contribution in [0.25, 0.3) is 6.08 Å². The van der Waals surface area contributed by atoms with Gasteiger partial charge in [0, 0.05) is 29.4 Å². The Morgan fingerprint density at radius 1 is 1.10 bits per heavy atom. The number of amides is 2. The summed E-state index contributed by atoms with van der Waals surface area (Å²) in [5, 5.41) is 10.6. The van der Waals surface area contributed by atoms with E-state index in [1.54, 1.807) is 37.4 Å². The molecule has 3 aromatic rings. The van der Waals surface area contributed by atoms with E-state index in [2.05, 4.69) is 15.7 Å². The molecule has 3 rings (SSSR count). The molecule has 30 heavy (non-hydrogen) atoms. The molecule has 0 aliphatic rings. The van der Waals surface area contributed by atoms with Gasteiger partial charge in [-0.3, -0.25) is 14.3 Å². The van der Waals surface area contributed by atoms with Crippen LogP contribution in [-0.2, 0) is 11.3 Å². The van der Waals surface area contributed by atoms with Crippen molar-refractivity contribution in [2.75, 3.05) is 12.4 Å². The monoisotopic (exact) mass is 422 g/mol. The number of rotatable bonds is 6. The van der Waals surface area contributed by atoms with E-state index in [0.717, 1.165) is 22.5 Å². The quantitative estimate of drug-likeness (QED) is 0.584. The number of benzene rings is 2. The van der Waals surface area contributed by atoms with Gasteiger partial charge in [0.25, 0.3) is 5.91 Å². The van der Waals surface area contributed by atoms with E-state index in [9.17, 15) is 9.59 Å². The summed E-state index contributed by atoms with van der Waals surface area (Å²) in [6.07, 6.45) is 3.18. The van der Waals surface area contributed by atoms with Crippen LogP contribution in [0.4, 0.5) is 5.69 Å². The highest BCUT2D eigenvalue weighted by molar-refractivity contribution is 6.31. The molecule has 0 radical (unpaired) electrons. The number of nitrogens with zero attached hydrogens (tertiary/aromatic N) is 2. The molecule has 0 atom stereocenters. The summed E-state index contributed by atoms with van der Waals surface area (Å²) >= 11 is 6.26. The minimum absolute atomic E-state index is 0.262. The molecule has 0 aliphatic heterocycles. The molecular formula is C23H23ClN4O2. The number of hydrogen-bond donors (Lipinski definition) is 2. The van der Waals surface area contributed by atoms with Crippen molar-refractivity contribution >= 4 is 35.2 Å². The molecule has 7 heteroatoms. The standard InChI is InChI=1S/C23H23ClN4O2/c1-15-18(16(2)28(27-15)14-17-8-4-6-10-20(17)24)12-13-22(29)26-21-11-7-5-9-19(21)23(30)25-3/h4-13H,14H2,1-3H3,(H,25,30)(H,26,29)/b13-12+. The normalized spacial score (nSPS) is 10.9. The van der Waals surface area contributed by atoms with Gasteiger partial charge in [-0.2, -0.15) is 5.10 Å². The Balaban J connectivity index is 1.77. The largest absolute Gasteiger partial charge is 0.355 e. The minimum atomic E-state index is -0.330. The topological polar surface area (TPSA) is 76.0 Å². The number of hydrogen-bond acceptors (Lipinski definition) is 3. The lowest BCUT2D eigenvalue weighted by Gasteiger charge is -2.08. The molecule has 6 nitrogen and oxygen atoms in total. The zero-order chi connectivity index (χ0) is 21.7. The fraction of sp³-hybridized carbons (Fsp3) is 0.174. The number of aryl methyl sites for hydroxylation is 1. The van der Waals surface area contributed by atoms with Gasteiger partial charge in [0.1, 0.15) is 0 Å². The van der Waals surface area contributed by atoms with Crippen LogP contribution in [0.2, 0.25) is 5.02 Å². The maximum Gasteiger partial charge on any atom is 0.253 e. The van der Waals surface area contributed by atoms with Gasteiger partial charge in [-0.15, -0.1) is 0 Å². The highest BCUT2D eigenvalue weighted by Gasteiger charge is 2.13. The Morgan fingerprint density at radius 2 is 1.80 bits per heavy atom. The zero-order valence-corrected chi connectivity index (χ0v) is 17.8. The maximum atomic E-state index is 12.4. The van der Waals surface area contributed by atoms with Crippen molar-refractivity contribution in [2.24, 2.45) is 0 Å². The average Bonchev–Trinajstić information content (AvgIpc) is 3.00. The second-order valence-electron chi connectivity index (χ2n) is 6.78. The summed E-state index contributed by atoms with van der Waals surface area (Å²) in [6.45, 7) is 4.40. The number of aromatic nitrogens is 2. The highest BCUT2D eigenvalue weighted by atomic mass is 35.5. The van der Waals surface area contributed by atoms with E-state index in [1.807, 2.05) is 42.8 Å². The van der Waals surface area contributed by atoms with Crippen LogP contribution in [-0.4, -0.2) is 28.6 Å². The van der Waals surface area contributed by atoms with Crippen LogP contribution in [0, 0.1) is 13.8 Å². The minimum Gasteiger partial charge on any atom is -0.355 e. The Labute approximate surface area is 180 Å². The summed E-state index contributed by atoms with van der Waals surface area (Å²) in [7, 11) is 1.55. The van der Waals surface area contributed by atoms with Gasteiger partial charge >= 0.3 is 0 Å². The van der Waals surface area contributed by atoms with Gasteiger partial charge in [0.05, 0.1) is 23.5 Å². The molecule has 154 valence electrons. The summed E-state index contributed by atoms with van der Waals surface area (Å²) in [4.78, 5) is 24.4. The number of anilines is 1. The lowest BCUT2D eigenvalue weighted by molar-refractivity contribution is -0.111. The van der Waals surface area contributed by atoms with Gasteiger partial charge in [-0.25, -0.2) is 0 Å². The third-order valence-corrected chi connectivity index (χ3v) is 5.14. The molecule has 0 aliphatic carbocycles. The van der Waals surface area contributed by atoms with Crippen LogP contribution >= 0.6 is 11.6 Å². The van der Waals surface area contributed by atoms with Crippen molar-refractivity contribution in [3.8, 4) is 0 Å². The average molecular weight is 423 g/mol. The molecule has 2 amide bonds. The summed E-state index contributed by atoms with van der Waals surface area (Å²) in [5.74, 6) is -0.591. The molecule has 1 aromatic heterocycles. The van der Waals surface area contributed by atoms with Crippen molar-refractivity contribution in [3.05, 3.63) is 87.7 Å². The Hall–Kier alpha value is -3.38. The zero-order valence-electron chi connectivity index (χ0n) is 17.1. The van der Waals surface area contributed by atoms with E-state index in [0.29, 0.717) is 22.8 Å². The number of carbonyl (C=O) groups excluding carboxylic acids is 2. The Kier molecular flexibility index (Phi) is 6.69. The fourth-order valence-corrected chi connectivity index (χ4v) is 3.35. The summed E-state index contributed by atoms with van der Waals surface area (Å²) in [5.41, 5.74) is 4.45. The molecule has 2 N–H and O–H groups in total. The molecule has 0 fully saturated rings. The first kappa shape index (κ1) is 21.3. The molecule has 0 bridgehead atoms. The molecule has 2 aromatic carbocycles. The molecule has 0 spiro atoms. The highest BCUT2D eigenvalue weighted by Crippen LogP contribution is 2.20. The lowest BCUT2D eigenvalue weighted by atomic mass is 10.1. The van der Waals surface area contributed by atoms with Gasteiger partial charge < -0.3 is 10.6 Å². The number of halogens is 1. The second kappa shape index (κ2) is 9.41. The SMILES string of the molecule is CNC(=O)c1ccccc1NC(=O)/C=C/c1c(C)nn(Cc2ccccc2Cl)c1C. The molecule has 0 saturated carbocycles. The van der Waals surface area contributed by atoms with Crippen molar-refractivity contribution in [3.63, 3.8) is 0 Å². The molecular weight excluding hydrogens is 400 g/mol. The van der Waals surface area contributed by atoms with E-state index in [4.69, 9.17) is 11.6 Å². The fourth-order valence-electron chi connectivity index (χ4n) is 3.15. The van der Waals surface area contributed by atoms with Crippen LogP contribution in [0.1, 0.15) is 32.9 Å². The lowest BCUT2D eigenvalue weighted by Crippen LogP contribution is -2.20. The molecule has 0 saturated heterocycles. The van der Waals surface area contributed by atoms with Crippen LogP contribution in [0.15, 0.2) is 54.6 Å². The van der Waals surface area contributed by atoms with Gasteiger partial charge in [-0.1, -0.05) is 41.9 Å². The van der Waals surface area contributed by atoms with Gasteiger partial charge in [0.2, 0.25) is 5.91 Å². The first-order chi connectivity index (χ1) is 14.4. The second-order valence-corrected chi connectivity index (χ2v) is 7.19. The van der Waals surface area contributed by atoms with Crippen molar-refractivity contribution in [1.82, 2.24) is 15.1 Å². The van der Waals surface area contributed by atoms with Crippen molar-refractivity contribution < 1.29 is 9.59 Å². The van der Waals surface area contributed by atoms with E-state index >= 15 is 0 Å². The van der Waals surface area contributed by atoms with Crippen molar-refractivity contribution in [2.45, 2.75) is 20.4 Å². The summed E-state index contributed by atoms with van der Waals surface area (Å²) in [6, 6.07) is 14.5. The van der Waals surface area contributed by atoms with Gasteiger partial charge in [-0.05, 0) is 43.7 Å². The molecule has 0 unspecified atom stereocenters. The summed E-state index contributed by atoms with van der Waals surface area (Å²) < 4.78 is 1.87. The molecule has 1 heterocycles. The Bertz CT molecular complexity index is 1120. The van der Waals surface area contributed by atoms with Crippen LogP contribution < -0.4 is 10.6 Å². The predicted octanol–water partition coefficient (Wildman–Crippen LogP) is 4.21. The number of nitrogens with one attached hydrogen (secondary N) is 2.